The molecule has 4 rings (SSSR count). The number of amides is 2. The topological polar surface area (TPSA) is 58.9 Å². The van der Waals surface area contributed by atoms with Crippen LogP contribution in [0.25, 0.3) is 16.2 Å². The predicted octanol–water partition coefficient (Wildman–Crippen LogP) is 5.94. The molecular weight excluding hydrogens is 484 g/mol. The van der Waals surface area contributed by atoms with Crippen LogP contribution in [0.3, 0.4) is 0 Å². The van der Waals surface area contributed by atoms with Gasteiger partial charge in [0.05, 0.1) is 17.9 Å². The number of hydrogen-bond acceptors (Lipinski definition) is 4. The molecule has 0 saturated heterocycles. The summed E-state index contributed by atoms with van der Waals surface area (Å²) in [5, 5.41) is 4.60. The fraction of sp³-hybridized carbons (Fsp3) is 0.250. The summed E-state index contributed by atoms with van der Waals surface area (Å²) in [6, 6.07) is 9.95. The summed E-state index contributed by atoms with van der Waals surface area (Å²) >= 11 is 1.46. The van der Waals surface area contributed by atoms with Crippen molar-refractivity contribution in [2.45, 2.75) is 12.6 Å². The molecule has 0 saturated carbocycles. The van der Waals surface area contributed by atoms with Crippen LogP contribution in [0, 0.1) is 5.82 Å². The molecule has 2 heterocycles. The van der Waals surface area contributed by atoms with Gasteiger partial charge in [-0.3, -0.25) is 4.40 Å². The number of rotatable bonds is 8. The number of thiazole rings is 1. The second-order valence-corrected chi connectivity index (χ2v) is 8.58. The third-order valence-corrected chi connectivity index (χ3v) is 6.27. The summed E-state index contributed by atoms with van der Waals surface area (Å²) in [5.74, 6) is -0.318. The highest BCUT2D eigenvalue weighted by Gasteiger charge is 2.30. The quantitative estimate of drug-likeness (QED) is 0.301. The van der Waals surface area contributed by atoms with E-state index in [1.165, 1.54) is 42.7 Å². The number of halogens is 4. The third kappa shape index (κ3) is 5.98. The van der Waals surface area contributed by atoms with Gasteiger partial charge in [-0.25, -0.2) is 14.2 Å². The fourth-order valence-corrected chi connectivity index (χ4v) is 4.39. The average Bonchev–Trinajstić information content (AvgIpc) is 3.41. The van der Waals surface area contributed by atoms with Crippen LogP contribution in [-0.4, -0.2) is 47.1 Å². The van der Waals surface area contributed by atoms with Gasteiger partial charge in [0, 0.05) is 55.1 Å². The Bertz CT molecular complexity index is 1280. The zero-order chi connectivity index (χ0) is 25.0. The van der Waals surface area contributed by atoms with Crippen molar-refractivity contribution in [3.05, 3.63) is 77.2 Å². The van der Waals surface area contributed by atoms with Crippen LogP contribution in [0.4, 0.5) is 28.0 Å². The number of methoxy groups -OCH3 is 1. The summed E-state index contributed by atoms with van der Waals surface area (Å²) in [7, 11) is 1.52. The third-order valence-electron chi connectivity index (χ3n) is 5.38. The van der Waals surface area contributed by atoms with Crippen LogP contribution in [-0.2, 0) is 17.3 Å². The summed E-state index contributed by atoms with van der Waals surface area (Å²) in [6.45, 7) is 0.964. The van der Waals surface area contributed by atoms with Gasteiger partial charge in [0.15, 0.2) is 4.96 Å². The minimum absolute atomic E-state index is 0.266. The summed E-state index contributed by atoms with van der Waals surface area (Å²) in [6.07, 6.45) is -2.05. The molecule has 0 aliphatic carbocycles. The van der Waals surface area contributed by atoms with Crippen LogP contribution in [0.5, 0.6) is 0 Å². The molecule has 0 fully saturated rings. The standard InChI is InChI=1S/C24H22F4N4O2S/c1-34-13-12-31(22(33)29-19-8-4-17(5-9-19)24(26,27)28)11-10-20-15-35-23-30-21(14-32(20)23)16-2-6-18(25)7-3-16/h2-9,14-15H,10-13H2,1H3,(H,29,33). The Kier molecular flexibility index (Phi) is 7.37. The van der Waals surface area contributed by atoms with Crippen molar-refractivity contribution in [3.8, 4) is 11.3 Å². The Morgan fingerprint density at radius 2 is 1.83 bits per heavy atom. The number of nitrogens with one attached hydrogen (secondary N) is 1. The Labute approximate surface area is 202 Å². The van der Waals surface area contributed by atoms with Crippen molar-refractivity contribution in [1.82, 2.24) is 14.3 Å². The number of fused-ring (bicyclic) bond motifs is 1. The van der Waals surface area contributed by atoms with E-state index in [0.717, 1.165) is 34.0 Å². The summed E-state index contributed by atoms with van der Waals surface area (Å²) in [4.78, 5) is 19.7. The largest absolute Gasteiger partial charge is 0.416 e. The lowest BCUT2D eigenvalue weighted by Gasteiger charge is -2.23. The van der Waals surface area contributed by atoms with Gasteiger partial charge >= 0.3 is 12.2 Å². The van der Waals surface area contributed by atoms with E-state index in [1.807, 2.05) is 16.0 Å². The van der Waals surface area contributed by atoms with Gasteiger partial charge < -0.3 is 15.0 Å². The molecule has 0 radical (unpaired) electrons. The summed E-state index contributed by atoms with van der Waals surface area (Å²) < 4.78 is 58.6. The van der Waals surface area contributed by atoms with Gasteiger partial charge in [0.1, 0.15) is 5.82 Å². The van der Waals surface area contributed by atoms with E-state index in [2.05, 4.69) is 10.3 Å². The molecule has 2 aromatic carbocycles. The number of anilines is 1. The lowest BCUT2D eigenvalue weighted by Crippen LogP contribution is -2.38. The van der Waals surface area contributed by atoms with Crippen LogP contribution in [0.1, 0.15) is 11.3 Å². The van der Waals surface area contributed by atoms with E-state index in [9.17, 15) is 22.4 Å². The van der Waals surface area contributed by atoms with Gasteiger partial charge in [0.25, 0.3) is 0 Å². The molecule has 0 aliphatic heterocycles. The Morgan fingerprint density at radius 1 is 1.11 bits per heavy atom. The van der Waals surface area contributed by atoms with Gasteiger partial charge in [-0.2, -0.15) is 13.2 Å². The van der Waals surface area contributed by atoms with E-state index >= 15 is 0 Å². The molecule has 1 N–H and O–H groups in total. The highest BCUT2D eigenvalue weighted by atomic mass is 32.1. The van der Waals surface area contributed by atoms with Crippen LogP contribution in [0.15, 0.2) is 60.1 Å². The Hall–Kier alpha value is -3.44. The monoisotopic (exact) mass is 506 g/mol. The minimum atomic E-state index is -4.44. The van der Waals surface area contributed by atoms with Crippen LogP contribution in [0.2, 0.25) is 0 Å². The van der Waals surface area contributed by atoms with Crippen molar-refractivity contribution in [1.29, 1.82) is 0 Å². The van der Waals surface area contributed by atoms with Crippen molar-refractivity contribution in [2.24, 2.45) is 0 Å². The highest BCUT2D eigenvalue weighted by Crippen LogP contribution is 2.30. The number of nitrogens with zero attached hydrogens (tertiary/aromatic N) is 3. The average molecular weight is 507 g/mol. The number of alkyl halides is 3. The van der Waals surface area contributed by atoms with Gasteiger partial charge in [-0.1, -0.05) is 0 Å². The molecule has 35 heavy (non-hydrogen) atoms. The first kappa shape index (κ1) is 24.7. The Morgan fingerprint density at radius 3 is 2.49 bits per heavy atom. The molecule has 4 aromatic rings. The molecule has 0 unspecified atom stereocenters. The molecule has 0 bridgehead atoms. The van der Waals surface area contributed by atoms with Gasteiger partial charge in [0.2, 0.25) is 0 Å². The lowest BCUT2D eigenvalue weighted by molar-refractivity contribution is -0.137. The number of aromatic nitrogens is 2. The number of carbonyl (C=O) groups is 1. The van der Waals surface area contributed by atoms with Gasteiger partial charge in [-0.05, 0) is 48.5 Å². The maximum Gasteiger partial charge on any atom is 0.416 e. The fourth-order valence-electron chi connectivity index (χ4n) is 3.48. The molecule has 6 nitrogen and oxygen atoms in total. The number of benzene rings is 2. The van der Waals surface area contributed by atoms with E-state index < -0.39 is 17.8 Å². The van der Waals surface area contributed by atoms with Crippen molar-refractivity contribution >= 4 is 28.0 Å². The highest BCUT2D eigenvalue weighted by molar-refractivity contribution is 7.15. The van der Waals surface area contributed by atoms with Crippen molar-refractivity contribution < 1.29 is 27.1 Å². The number of ether oxygens (including phenoxy) is 1. The second-order valence-electron chi connectivity index (χ2n) is 7.75. The summed E-state index contributed by atoms with van der Waals surface area (Å²) in [5.41, 5.74) is 1.94. The zero-order valence-corrected chi connectivity index (χ0v) is 19.5. The molecule has 0 aliphatic rings. The van der Waals surface area contributed by atoms with E-state index in [1.54, 1.807) is 17.0 Å². The number of urea groups is 1. The van der Waals surface area contributed by atoms with Crippen molar-refractivity contribution in [3.63, 3.8) is 0 Å². The molecule has 2 aromatic heterocycles. The normalized spacial score (nSPS) is 11.7. The first-order valence-electron chi connectivity index (χ1n) is 10.7. The first-order chi connectivity index (χ1) is 16.7. The van der Waals surface area contributed by atoms with Crippen LogP contribution >= 0.6 is 11.3 Å². The molecule has 2 amide bonds. The SMILES string of the molecule is COCCN(CCc1csc2nc(-c3ccc(F)cc3)cn12)C(=O)Nc1ccc(C(F)(F)F)cc1. The molecule has 11 heteroatoms. The molecule has 0 atom stereocenters. The van der Waals surface area contributed by atoms with E-state index in [4.69, 9.17) is 4.74 Å². The van der Waals surface area contributed by atoms with E-state index in [0.29, 0.717) is 26.1 Å². The first-order valence-corrected chi connectivity index (χ1v) is 11.6. The smallest absolute Gasteiger partial charge is 0.383 e. The number of carbonyl (C=O) groups excluding carboxylic acids is 1. The zero-order valence-electron chi connectivity index (χ0n) is 18.7. The number of imidazole rings is 1. The van der Waals surface area contributed by atoms with Crippen molar-refractivity contribution in [2.75, 3.05) is 32.1 Å². The Balaban J connectivity index is 1.45. The minimum Gasteiger partial charge on any atom is -0.383 e. The molecular formula is C24H22F4N4O2S. The second kappa shape index (κ2) is 10.4. The predicted molar refractivity (Wildman–Crippen MR) is 126 cm³/mol. The maximum absolute atomic E-state index is 13.2. The van der Waals surface area contributed by atoms with Gasteiger partial charge in [-0.15, -0.1) is 11.3 Å². The van der Waals surface area contributed by atoms with Crippen LogP contribution < -0.4 is 5.32 Å². The molecule has 184 valence electrons. The van der Waals surface area contributed by atoms with E-state index in [-0.39, 0.29) is 11.5 Å². The number of hydrogen-bond donors (Lipinski definition) is 1. The lowest BCUT2D eigenvalue weighted by atomic mass is 10.2. The maximum atomic E-state index is 13.2. The molecule has 0 spiro atoms.